The lowest BCUT2D eigenvalue weighted by Crippen LogP contribution is -2.38. The third-order valence-electron chi connectivity index (χ3n) is 3.78. The lowest BCUT2D eigenvalue weighted by atomic mass is 10.1. The van der Waals surface area contributed by atoms with Crippen LogP contribution in [0.15, 0.2) is 11.6 Å². The Kier molecular flexibility index (Phi) is 3.36. The van der Waals surface area contributed by atoms with E-state index >= 15 is 0 Å². The largest absolute Gasteiger partial charge is 0.294 e. The second kappa shape index (κ2) is 4.80. The van der Waals surface area contributed by atoms with E-state index in [9.17, 15) is 8.42 Å². The van der Waals surface area contributed by atoms with Gasteiger partial charge in [-0.2, -0.15) is 17.0 Å². The van der Waals surface area contributed by atoms with E-state index in [2.05, 4.69) is 9.38 Å². The van der Waals surface area contributed by atoms with Crippen LogP contribution < -0.4 is 0 Å². The number of hydrogen-bond donors (Lipinski definition) is 0. The first-order valence-electron chi connectivity index (χ1n) is 6.51. The van der Waals surface area contributed by atoms with Crippen LogP contribution in [0.3, 0.4) is 0 Å². The number of thiazole rings is 1. The summed E-state index contributed by atoms with van der Waals surface area (Å²) in [6.07, 6.45) is 2.84. The van der Waals surface area contributed by atoms with Crippen LogP contribution in [0.25, 0.3) is 4.83 Å². The lowest BCUT2D eigenvalue weighted by molar-refractivity contribution is 0.418. The molecule has 0 amide bonds. The highest BCUT2D eigenvalue weighted by atomic mass is 32.2. The van der Waals surface area contributed by atoms with Gasteiger partial charge in [0.25, 0.3) is 10.2 Å². The number of rotatable bonds is 3. The van der Waals surface area contributed by atoms with E-state index in [1.807, 2.05) is 18.5 Å². The summed E-state index contributed by atoms with van der Waals surface area (Å²) < 4.78 is 29.2. The molecule has 6 nitrogen and oxygen atoms in total. The fourth-order valence-corrected chi connectivity index (χ4v) is 4.77. The second-order valence-corrected chi connectivity index (χ2v) is 8.29. The molecular weight excluding hydrogens is 296 g/mol. The van der Waals surface area contributed by atoms with Crippen molar-refractivity contribution in [3.8, 4) is 0 Å². The van der Waals surface area contributed by atoms with Crippen LogP contribution in [-0.2, 0) is 10.2 Å². The molecule has 2 aromatic rings. The van der Waals surface area contributed by atoms with Gasteiger partial charge < -0.3 is 0 Å². The van der Waals surface area contributed by atoms with Crippen LogP contribution in [0, 0.1) is 6.92 Å². The van der Waals surface area contributed by atoms with Crippen molar-refractivity contribution in [1.82, 2.24) is 18.0 Å². The van der Waals surface area contributed by atoms with E-state index < -0.39 is 10.2 Å². The molecule has 110 valence electrons. The molecule has 0 aliphatic carbocycles. The second-order valence-electron chi connectivity index (χ2n) is 5.26. The first-order chi connectivity index (χ1) is 9.41. The van der Waals surface area contributed by atoms with Crippen molar-refractivity contribution >= 4 is 26.4 Å². The highest BCUT2D eigenvalue weighted by Crippen LogP contribution is 2.33. The number of fused-ring (bicyclic) bond motifs is 1. The number of aryl methyl sites for hydroxylation is 1. The number of hydrogen-bond acceptors (Lipinski definition) is 4. The molecule has 8 heteroatoms. The molecule has 1 aliphatic rings. The minimum atomic E-state index is -3.32. The highest BCUT2D eigenvalue weighted by molar-refractivity contribution is 7.86. The molecule has 0 N–H and O–H groups in total. The SMILES string of the molecule is Cc1nc([C@@H]2CCN(S(=O)(=O)N(C)C)C2)c2sccn12. The molecule has 0 bridgehead atoms. The summed E-state index contributed by atoms with van der Waals surface area (Å²) in [5.74, 6) is 1.15. The topological polar surface area (TPSA) is 57.9 Å². The highest BCUT2D eigenvalue weighted by Gasteiger charge is 2.35. The quantitative estimate of drug-likeness (QED) is 0.858. The van der Waals surface area contributed by atoms with Crippen molar-refractivity contribution in [2.75, 3.05) is 27.2 Å². The molecular formula is C12H18N4O2S2. The Morgan fingerprint density at radius 2 is 2.20 bits per heavy atom. The van der Waals surface area contributed by atoms with Crippen LogP contribution in [0.4, 0.5) is 0 Å². The smallest absolute Gasteiger partial charge is 0.281 e. The minimum Gasteiger partial charge on any atom is -0.294 e. The minimum absolute atomic E-state index is 0.187. The Bertz CT molecular complexity index is 732. The van der Waals surface area contributed by atoms with Crippen LogP contribution in [0.5, 0.6) is 0 Å². The van der Waals surface area contributed by atoms with Crippen LogP contribution in [-0.4, -0.2) is 53.6 Å². The Morgan fingerprint density at radius 3 is 2.90 bits per heavy atom. The van der Waals surface area contributed by atoms with Crippen LogP contribution >= 0.6 is 11.3 Å². The predicted octanol–water partition coefficient (Wildman–Crippen LogP) is 1.30. The van der Waals surface area contributed by atoms with Gasteiger partial charge in [-0.1, -0.05) is 0 Å². The van der Waals surface area contributed by atoms with Crippen molar-refractivity contribution in [2.45, 2.75) is 19.3 Å². The van der Waals surface area contributed by atoms with E-state index in [0.29, 0.717) is 13.1 Å². The zero-order valence-electron chi connectivity index (χ0n) is 11.8. The van der Waals surface area contributed by atoms with Crippen molar-refractivity contribution < 1.29 is 8.42 Å². The standard InChI is InChI=1S/C12H18N4O2S2/c1-9-13-11(12-16(9)6-7-19-12)10-4-5-15(8-10)20(17,18)14(2)3/h6-7,10H,4-5,8H2,1-3H3/t10-/m1/s1. The molecule has 0 radical (unpaired) electrons. The molecule has 0 unspecified atom stereocenters. The van der Waals surface area contributed by atoms with Gasteiger partial charge in [-0.05, 0) is 13.3 Å². The normalized spacial score (nSPS) is 21.3. The molecule has 2 aromatic heterocycles. The molecule has 1 aliphatic heterocycles. The molecule has 1 atom stereocenters. The lowest BCUT2D eigenvalue weighted by Gasteiger charge is -2.20. The monoisotopic (exact) mass is 314 g/mol. The van der Waals surface area contributed by atoms with Crippen molar-refractivity contribution in [2.24, 2.45) is 0 Å². The summed E-state index contributed by atoms with van der Waals surface area (Å²) in [6.45, 7) is 3.06. The van der Waals surface area contributed by atoms with Gasteiger partial charge in [0, 0.05) is 44.7 Å². The van der Waals surface area contributed by atoms with Gasteiger partial charge in [-0.15, -0.1) is 11.3 Å². The van der Waals surface area contributed by atoms with E-state index in [1.54, 1.807) is 29.7 Å². The Morgan fingerprint density at radius 1 is 1.45 bits per heavy atom. The summed E-state index contributed by atoms with van der Waals surface area (Å²) in [5, 5.41) is 2.04. The van der Waals surface area contributed by atoms with Gasteiger partial charge in [0.15, 0.2) is 0 Å². The maximum Gasteiger partial charge on any atom is 0.281 e. The fraction of sp³-hybridized carbons (Fsp3) is 0.583. The summed E-state index contributed by atoms with van der Waals surface area (Å²) in [5.41, 5.74) is 1.04. The van der Waals surface area contributed by atoms with Gasteiger partial charge in [0.1, 0.15) is 10.7 Å². The molecule has 0 spiro atoms. The molecule has 3 rings (SSSR count). The molecule has 20 heavy (non-hydrogen) atoms. The summed E-state index contributed by atoms with van der Waals surface area (Å²) in [4.78, 5) is 5.77. The first kappa shape index (κ1) is 14.0. The maximum absolute atomic E-state index is 12.2. The molecule has 1 fully saturated rings. The molecule has 0 aromatic carbocycles. The van der Waals surface area contributed by atoms with E-state index in [1.165, 1.54) is 4.31 Å². The van der Waals surface area contributed by atoms with Gasteiger partial charge in [0.05, 0.1) is 5.69 Å². The molecule has 3 heterocycles. The number of aromatic nitrogens is 2. The third-order valence-corrected chi connectivity index (χ3v) is 6.58. The van der Waals surface area contributed by atoms with Gasteiger partial charge >= 0.3 is 0 Å². The molecule has 1 saturated heterocycles. The Balaban J connectivity index is 1.89. The zero-order valence-corrected chi connectivity index (χ0v) is 13.4. The number of imidazole rings is 1. The average Bonchev–Trinajstić information content (AvgIpc) is 3.07. The fourth-order valence-electron chi connectivity index (χ4n) is 2.65. The Hall–Kier alpha value is -0.960. The van der Waals surface area contributed by atoms with E-state index in [0.717, 1.165) is 22.8 Å². The summed E-state index contributed by atoms with van der Waals surface area (Å²) in [7, 11) is -0.174. The van der Waals surface area contributed by atoms with Crippen LogP contribution in [0.2, 0.25) is 0 Å². The van der Waals surface area contributed by atoms with Crippen molar-refractivity contribution in [1.29, 1.82) is 0 Å². The Labute approximate surface area is 122 Å². The van der Waals surface area contributed by atoms with Gasteiger partial charge in [-0.3, -0.25) is 4.40 Å². The summed E-state index contributed by atoms with van der Waals surface area (Å²) >= 11 is 1.66. The van der Waals surface area contributed by atoms with Gasteiger partial charge in [-0.25, -0.2) is 4.98 Å². The average molecular weight is 314 g/mol. The van der Waals surface area contributed by atoms with Crippen molar-refractivity contribution in [3.63, 3.8) is 0 Å². The van der Waals surface area contributed by atoms with Crippen molar-refractivity contribution in [3.05, 3.63) is 23.1 Å². The maximum atomic E-state index is 12.2. The first-order valence-corrected chi connectivity index (χ1v) is 8.78. The van der Waals surface area contributed by atoms with E-state index in [-0.39, 0.29) is 5.92 Å². The van der Waals surface area contributed by atoms with Gasteiger partial charge in [0.2, 0.25) is 0 Å². The van der Waals surface area contributed by atoms with E-state index in [4.69, 9.17) is 0 Å². The number of nitrogens with zero attached hydrogens (tertiary/aromatic N) is 4. The molecule has 0 saturated carbocycles. The zero-order chi connectivity index (χ0) is 14.5. The summed E-state index contributed by atoms with van der Waals surface area (Å²) in [6, 6.07) is 0. The predicted molar refractivity (Wildman–Crippen MR) is 79.3 cm³/mol. The van der Waals surface area contributed by atoms with Crippen LogP contribution in [0.1, 0.15) is 23.9 Å². The third kappa shape index (κ3) is 2.07.